The zero-order valence-corrected chi connectivity index (χ0v) is 16.9. The summed E-state index contributed by atoms with van der Waals surface area (Å²) in [6.45, 7) is 5.20. The van der Waals surface area contributed by atoms with E-state index in [0.717, 1.165) is 22.6 Å². The number of rotatable bonds is 16. The summed E-state index contributed by atoms with van der Waals surface area (Å²) in [4.78, 5) is 0. The molecule has 7 nitrogen and oxygen atoms in total. The number of ether oxygens (including phenoxy) is 5. The second-order valence-electron chi connectivity index (χ2n) is 6.23. The topological polar surface area (TPSA) is 98.2 Å². The lowest BCUT2D eigenvalue weighted by Crippen LogP contribution is -2.14. The van der Waals surface area contributed by atoms with Crippen molar-refractivity contribution in [2.45, 2.75) is 13.1 Å². The van der Waals surface area contributed by atoms with Gasteiger partial charge in [-0.3, -0.25) is 0 Å². The van der Waals surface area contributed by atoms with Crippen molar-refractivity contribution in [3.8, 4) is 11.5 Å². The van der Waals surface area contributed by atoms with Gasteiger partial charge in [0.25, 0.3) is 0 Å². The van der Waals surface area contributed by atoms with E-state index < -0.39 is 0 Å². The summed E-state index contributed by atoms with van der Waals surface area (Å²) in [7, 11) is 0. The van der Waals surface area contributed by atoms with Gasteiger partial charge in [0, 0.05) is 13.1 Å². The van der Waals surface area contributed by atoms with Crippen LogP contribution in [0.2, 0.25) is 0 Å². The molecule has 2 aromatic rings. The number of benzene rings is 2. The third kappa shape index (κ3) is 10.3. The van der Waals surface area contributed by atoms with Crippen LogP contribution < -0.4 is 20.9 Å². The molecule has 160 valence electrons. The van der Waals surface area contributed by atoms with Crippen molar-refractivity contribution in [2.75, 3.05) is 52.9 Å². The predicted molar refractivity (Wildman–Crippen MR) is 112 cm³/mol. The van der Waals surface area contributed by atoms with E-state index in [1.807, 2.05) is 48.5 Å². The Kier molecular flexibility index (Phi) is 11.8. The van der Waals surface area contributed by atoms with E-state index in [4.69, 9.17) is 35.2 Å². The monoisotopic (exact) mass is 404 g/mol. The molecule has 4 N–H and O–H groups in total. The first-order valence-corrected chi connectivity index (χ1v) is 9.88. The van der Waals surface area contributed by atoms with E-state index in [1.54, 1.807) is 0 Å². The van der Waals surface area contributed by atoms with Crippen molar-refractivity contribution in [2.24, 2.45) is 11.5 Å². The molecule has 0 saturated heterocycles. The van der Waals surface area contributed by atoms with E-state index in [0.29, 0.717) is 65.9 Å². The van der Waals surface area contributed by atoms with E-state index in [-0.39, 0.29) is 0 Å². The number of hydrogen-bond donors (Lipinski definition) is 2. The minimum Gasteiger partial charge on any atom is -0.491 e. The zero-order valence-electron chi connectivity index (χ0n) is 16.9. The van der Waals surface area contributed by atoms with Crippen molar-refractivity contribution in [3.05, 3.63) is 59.7 Å². The van der Waals surface area contributed by atoms with Crippen LogP contribution in [-0.2, 0) is 27.3 Å². The summed E-state index contributed by atoms with van der Waals surface area (Å²) < 4.78 is 27.6. The fraction of sp³-hybridized carbons (Fsp3) is 0.455. The van der Waals surface area contributed by atoms with E-state index >= 15 is 0 Å². The molecule has 0 aliphatic rings. The van der Waals surface area contributed by atoms with Crippen LogP contribution >= 0.6 is 0 Å². The molecule has 2 rings (SSSR count). The van der Waals surface area contributed by atoms with Crippen molar-refractivity contribution < 1.29 is 23.7 Å². The highest BCUT2D eigenvalue weighted by molar-refractivity contribution is 5.27. The third-order valence-electron chi connectivity index (χ3n) is 4.05. The quantitative estimate of drug-likeness (QED) is 0.414. The van der Waals surface area contributed by atoms with Gasteiger partial charge in [0.1, 0.15) is 24.7 Å². The van der Waals surface area contributed by atoms with Crippen molar-refractivity contribution in [1.82, 2.24) is 0 Å². The fourth-order valence-electron chi connectivity index (χ4n) is 2.42. The minimum atomic E-state index is 0.500. The molecule has 7 heteroatoms. The highest BCUT2D eigenvalue weighted by atomic mass is 16.6. The lowest BCUT2D eigenvalue weighted by molar-refractivity contribution is 0.00499. The standard InChI is InChI=1S/C22H32N2O5/c23-17-19-1-5-21(6-2-19)28-15-13-26-11-9-25-10-12-27-14-16-29-22-7-3-20(18-24)4-8-22/h1-8H,9-18,23-24H2. The smallest absolute Gasteiger partial charge is 0.119 e. The molecule has 0 atom stereocenters. The largest absolute Gasteiger partial charge is 0.491 e. The molecule has 0 aliphatic carbocycles. The fourth-order valence-corrected chi connectivity index (χ4v) is 2.42. The molecule has 0 unspecified atom stereocenters. The molecule has 0 amide bonds. The Hall–Kier alpha value is -2.16. The van der Waals surface area contributed by atoms with Crippen LogP contribution in [0, 0.1) is 0 Å². The summed E-state index contributed by atoms with van der Waals surface area (Å²) in [6, 6.07) is 15.5. The van der Waals surface area contributed by atoms with Gasteiger partial charge in [0.2, 0.25) is 0 Å². The van der Waals surface area contributed by atoms with Crippen LogP contribution in [0.15, 0.2) is 48.5 Å². The van der Waals surface area contributed by atoms with Crippen LogP contribution in [0.1, 0.15) is 11.1 Å². The van der Waals surface area contributed by atoms with Crippen molar-refractivity contribution in [1.29, 1.82) is 0 Å². The maximum absolute atomic E-state index is 5.59. The highest BCUT2D eigenvalue weighted by Crippen LogP contribution is 2.12. The average molecular weight is 405 g/mol. The first kappa shape index (κ1) is 23.1. The van der Waals surface area contributed by atoms with Gasteiger partial charge in [-0.25, -0.2) is 0 Å². The lowest BCUT2D eigenvalue weighted by Gasteiger charge is -2.09. The SMILES string of the molecule is NCc1ccc(OCCOCCOCCOCCOc2ccc(CN)cc2)cc1. The highest BCUT2D eigenvalue weighted by Gasteiger charge is 1.97. The Morgan fingerprint density at radius 2 is 0.759 bits per heavy atom. The predicted octanol–water partition coefficient (Wildman–Crippen LogP) is 2.11. The molecule has 0 aromatic heterocycles. The van der Waals surface area contributed by atoms with E-state index in [2.05, 4.69) is 0 Å². The molecular formula is C22H32N2O5. The van der Waals surface area contributed by atoms with Crippen molar-refractivity contribution in [3.63, 3.8) is 0 Å². The summed E-state index contributed by atoms with van der Waals surface area (Å²) >= 11 is 0. The number of nitrogens with two attached hydrogens (primary N) is 2. The minimum absolute atomic E-state index is 0.500. The van der Waals surface area contributed by atoms with Gasteiger partial charge in [-0.15, -0.1) is 0 Å². The van der Waals surface area contributed by atoms with Gasteiger partial charge in [-0.2, -0.15) is 0 Å². The lowest BCUT2D eigenvalue weighted by atomic mass is 10.2. The summed E-state index contributed by atoms with van der Waals surface area (Å²) in [6.07, 6.45) is 0. The molecule has 0 fully saturated rings. The Morgan fingerprint density at radius 1 is 0.448 bits per heavy atom. The molecule has 0 saturated carbocycles. The Bertz CT molecular complexity index is 592. The second-order valence-corrected chi connectivity index (χ2v) is 6.23. The maximum atomic E-state index is 5.59. The van der Waals surface area contributed by atoms with Gasteiger partial charge in [0.05, 0.1) is 39.6 Å². The summed E-state index contributed by atoms with van der Waals surface area (Å²) in [5.74, 6) is 1.63. The molecule has 2 aromatic carbocycles. The van der Waals surface area contributed by atoms with Crippen LogP contribution in [0.4, 0.5) is 0 Å². The molecule has 0 bridgehead atoms. The molecule has 0 spiro atoms. The molecular weight excluding hydrogens is 372 g/mol. The van der Waals surface area contributed by atoms with Crippen LogP contribution in [0.5, 0.6) is 11.5 Å². The van der Waals surface area contributed by atoms with Gasteiger partial charge >= 0.3 is 0 Å². The Morgan fingerprint density at radius 3 is 1.07 bits per heavy atom. The molecule has 29 heavy (non-hydrogen) atoms. The van der Waals surface area contributed by atoms with Gasteiger partial charge < -0.3 is 35.2 Å². The Balaban J connectivity index is 1.34. The van der Waals surface area contributed by atoms with Crippen LogP contribution in [-0.4, -0.2) is 52.9 Å². The molecule has 0 aliphatic heterocycles. The van der Waals surface area contributed by atoms with Gasteiger partial charge in [-0.05, 0) is 35.4 Å². The number of hydrogen-bond acceptors (Lipinski definition) is 7. The maximum Gasteiger partial charge on any atom is 0.119 e. The normalized spacial score (nSPS) is 10.8. The summed E-state index contributed by atoms with van der Waals surface area (Å²) in [5, 5.41) is 0. The molecule has 0 heterocycles. The summed E-state index contributed by atoms with van der Waals surface area (Å²) in [5.41, 5.74) is 13.3. The second kappa shape index (κ2) is 14.8. The average Bonchev–Trinajstić information content (AvgIpc) is 2.77. The van der Waals surface area contributed by atoms with E-state index in [1.165, 1.54) is 0 Å². The first-order chi connectivity index (χ1) is 14.3. The Labute approximate surface area is 172 Å². The van der Waals surface area contributed by atoms with E-state index in [9.17, 15) is 0 Å². The molecule has 0 radical (unpaired) electrons. The zero-order chi connectivity index (χ0) is 20.6. The van der Waals surface area contributed by atoms with Crippen LogP contribution in [0.25, 0.3) is 0 Å². The third-order valence-corrected chi connectivity index (χ3v) is 4.05. The first-order valence-electron chi connectivity index (χ1n) is 9.88. The van der Waals surface area contributed by atoms with Crippen molar-refractivity contribution >= 4 is 0 Å². The van der Waals surface area contributed by atoms with Gasteiger partial charge in [0.15, 0.2) is 0 Å². The van der Waals surface area contributed by atoms with Crippen LogP contribution in [0.3, 0.4) is 0 Å². The van der Waals surface area contributed by atoms with Gasteiger partial charge in [-0.1, -0.05) is 24.3 Å².